The maximum atomic E-state index is 13.2. The van der Waals surface area contributed by atoms with E-state index in [0.717, 1.165) is 43.7 Å². The number of hydrogen-bond acceptors (Lipinski definition) is 4. The molecule has 1 aliphatic heterocycles. The van der Waals surface area contributed by atoms with Crippen LogP contribution in [0.4, 0.5) is 5.69 Å². The number of hydrogen-bond donors (Lipinski definition) is 1. The van der Waals surface area contributed by atoms with Crippen LogP contribution in [-0.2, 0) is 14.8 Å². The quantitative estimate of drug-likeness (QED) is 0.698. The van der Waals surface area contributed by atoms with Gasteiger partial charge in [-0.1, -0.05) is 35.9 Å². The Kier molecular flexibility index (Phi) is 6.63. The number of nitrogens with zero attached hydrogens (tertiary/aromatic N) is 1. The minimum absolute atomic E-state index is 0.0920. The van der Waals surface area contributed by atoms with Crippen LogP contribution in [-0.4, -0.2) is 41.0 Å². The van der Waals surface area contributed by atoms with E-state index in [9.17, 15) is 8.42 Å². The molecule has 3 rings (SSSR count). The lowest BCUT2D eigenvalue weighted by atomic mass is 9.86. The van der Waals surface area contributed by atoms with E-state index >= 15 is 0 Å². The highest BCUT2D eigenvalue weighted by Gasteiger charge is 2.44. The summed E-state index contributed by atoms with van der Waals surface area (Å²) in [5.41, 5.74) is 1.73. The number of anilines is 1. The summed E-state index contributed by atoms with van der Waals surface area (Å²) in [5, 5.41) is 3.40. The summed E-state index contributed by atoms with van der Waals surface area (Å²) in [6, 6.07) is 7.63. The fourth-order valence-corrected chi connectivity index (χ4v) is 5.89. The minimum atomic E-state index is -3.56. The summed E-state index contributed by atoms with van der Waals surface area (Å²) >= 11 is 6.16. The number of para-hydroxylation sites is 1. The zero-order valence-corrected chi connectivity index (χ0v) is 17.3. The normalized spacial score (nSPS) is 26.1. The molecule has 3 atom stereocenters. The number of rotatable bonds is 7. The number of fused-ring (bicyclic) bond motifs is 2. The fraction of sp³-hybridized carbons (Fsp3) is 0.500. The predicted octanol–water partition coefficient (Wildman–Crippen LogP) is 3.59. The highest BCUT2D eigenvalue weighted by molar-refractivity contribution is 7.93. The monoisotopic (exact) mass is 410 g/mol. The van der Waals surface area contributed by atoms with Crippen molar-refractivity contribution in [2.75, 3.05) is 31.6 Å². The molecule has 0 saturated heterocycles. The SMILES string of the molecule is COCCCCCNC1c2ccccc2N(C)S(=O)(=O)C2C=C(Cl)C=CC12. The Balaban J connectivity index is 1.90. The summed E-state index contributed by atoms with van der Waals surface area (Å²) in [6.07, 6.45) is 8.52. The van der Waals surface area contributed by atoms with E-state index in [0.29, 0.717) is 5.03 Å². The summed E-state index contributed by atoms with van der Waals surface area (Å²) < 4.78 is 32.9. The van der Waals surface area contributed by atoms with Crippen LogP contribution in [0.3, 0.4) is 0 Å². The molecule has 27 heavy (non-hydrogen) atoms. The van der Waals surface area contributed by atoms with Gasteiger partial charge in [-0.15, -0.1) is 0 Å². The largest absolute Gasteiger partial charge is 0.385 e. The van der Waals surface area contributed by atoms with Crippen LogP contribution in [0.5, 0.6) is 0 Å². The predicted molar refractivity (Wildman–Crippen MR) is 111 cm³/mol. The highest BCUT2D eigenvalue weighted by atomic mass is 35.5. The molecule has 1 aromatic rings. The zero-order chi connectivity index (χ0) is 19.4. The maximum absolute atomic E-state index is 13.2. The number of allylic oxidation sites excluding steroid dienone is 2. The molecule has 1 aromatic carbocycles. The number of benzene rings is 1. The molecule has 0 bridgehead atoms. The summed E-state index contributed by atoms with van der Waals surface area (Å²) in [7, 11) is -0.218. The highest BCUT2D eigenvalue weighted by Crippen LogP contribution is 2.43. The molecule has 0 saturated carbocycles. The first-order valence-corrected chi connectivity index (χ1v) is 11.2. The lowest BCUT2D eigenvalue weighted by Gasteiger charge is -2.30. The van der Waals surface area contributed by atoms with Gasteiger partial charge in [0, 0.05) is 37.8 Å². The number of nitrogens with one attached hydrogen (secondary N) is 1. The number of methoxy groups -OCH3 is 1. The summed E-state index contributed by atoms with van der Waals surface area (Å²) in [6.45, 7) is 1.59. The number of ether oxygens (including phenoxy) is 1. The van der Waals surface area contributed by atoms with E-state index in [1.807, 2.05) is 30.3 Å². The maximum Gasteiger partial charge on any atom is 0.242 e. The summed E-state index contributed by atoms with van der Waals surface area (Å²) in [5.74, 6) is -0.206. The molecule has 1 N–H and O–H groups in total. The number of sulfonamides is 1. The second-order valence-electron chi connectivity index (χ2n) is 7.01. The molecule has 3 unspecified atom stereocenters. The molecule has 0 fully saturated rings. The van der Waals surface area contributed by atoms with E-state index in [4.69, 9.17) is 16.3 Å². The summed E-state index contributed by atoms with van der Waals surface area (Å²) in [4.78, 5) is 0. The third-order valence-corrected chi connectivity index (χ3v) is 7.64. The molecule has 0 aromatic heterocycles. The van der Waals surface area contributed by atoms with Crippen LogP contribution in [0.25, 0.3) is 0 Å². The van der Waals surface area contributed by atoms with Crippen LogP contribution in [0, 0.1) is 5.92 Å². The molecule has 0 radical (unpaired) electrons. The van der Waals surface area contributed by atoms with E-state index in [1.54, 1.807) is 26.3 Å². The van der Waals surface area contributed by atoms with Gasteiger partial charge in [-0.25, -0.2) is 8.42 Å². The Morgan fingerprint density at radius 1 is 1.22 bits per heavy atom. The molecular formula is C20H27ClN2O3S. The van der Waals surface area contributed by atoms with Crippen molar-refractivity contribution >= 4 is 27.3 Å². The van der Waals surface area contributed by atoms with E-state index in [-0.39, 0.29) is 12.0 Å². The van der Waals surface area contributed by atoms with Gasteiger partial charge in [0.15, 0.2) is 0 Å². The molecule has 148 valence electrons. The fourth-order valence-electron chi connectivity index (χ4n) is 3.84. The molecule has 0 spiro atoms. The van der Waals surface area contributed by atoms with E-state index in [1.165, 1.54) is 4.31 Å². The lowest BCUT2D eigenvalue weighted by Crippen LogP contribution is -2.41. The van der Waals surface area contributed by atoms with Gasteiger partial charge >= 0.3 is 0 Å². The van der Waals surface area contributed by atoms with Crippen LogP contribution in [0.2, 0.25) is 0 Å². The third kappa shape index (κ3) is 4.24. The Bertz CT molecular complexity index is 822. The average Bonchev–Trinajstić information content (AvgIpc) is 2.73. The van der Waals surface area contributed by atoms with Crippen molar-refractivity contribution in [1.29, 1.82) is 0 Å². The van der Waals surface area contributed by atoms with Crippen LogP contribution in [0.1, 0.15) is 30.9 Å². The van der Waals surface area contributed by atoms with Crippen molar-refractivity contribution in [2.45, 2.75) is 30.6 Å². The van der Waals surface area contributed by atoms with Gasteiger partial charge in [0.25, 0.3) is 0 Å². The molecule has 1 aliphatic carbocycles. The molecule has 0 amide bonds. The second kappa shape index (κ2) is 8.78. The Labute approximate surface area is 167 Å². The average molecular weight is 411 g/mol. The van der Waals surface area contributed by atoms with Gasteiger partial charge in [0.2, 0.25) is 10.0 Å². The third-order valence-electron chi connectivity index (χ3n) is 5.29. The molecular weight excluding hydrogens is 384 g/mol. The van der Waals surface area contributed by atoms with Gasteiger partial charge in [0.05, 0.1) is 5.69 Å². The van der Waals surface area contributed by atoms with Crippen molar-refractivity contribution < 1.29 is 13.2 Å². The first-order chi connectivity index (χ1) is 13.0. The smallest absolute Gasteiger partial charge is 0.242 e. The molecule has 5 nitrogen and oxygen atoms in total. The number of unbranched alkanes of at least 4 members (excludes halogenated alkanes) is 2. The Morgan fingerprint density at radius 3 is 2.78 bits per heavy atom. The first-order valence-electron chi connectivity index (χ1n) is 9.31. The van der Waals surface area contributed by atoms with Crippen molar-refractivity contribution in [3.8, 4) is 0 Å². The topological polar surface area (TPSA) is 58.6 Å². The van der Waals surface area contributed by atoms with Crippen molar-refractivity contribution in [2.24, 2.45) is 5.92 Å². The van der Waals surface area contributed by atoms with Gasteiger partial charge in [-0.05, 0) is 49.6 Å². The first kappa shape index (κ1) is 20.4. The van der Waals surface area contributed by atoms with E-state index in [2.05, 4.69) is 5.32 Å². The molecule has 1 heterocycles. The number of halogens is 1. The van der Waals surface area contributed by atoms with Gasteiger partial charge in [-0.3, -0.25) is 4.31 Å². The van der Waals surface area contributed by atoms with Gasteiger partial charge in [-0.2, -0.15) is 0 Å². The standard InChI is InChI=1S/C20H27ClN2O3S/c1-23-18-9-5-4-8-16(18)20(22-12-6-3-7-13-26-2)17-11-10-15(21)14-19(17)27(23,24)25/h4-5,8-11,14,17,19-20,22H,3,6-7,12-13H2,1-2H3. The van der Waals surface area contributed by atoms with Crippen LogP contribution >= 0.6 is 11.6 Å². The van der Waals surface area contributed by atoms with Gasteiger partial charge in [0.1, 0.15) is 5.25 Å². The van der Waals surface area contributed by atoms with Crippen molar-refractivity contribution in [1.82, 2.24) is 5.32 Å². The molecule has 7 heteroatoms. The van der Waals surface area contributed by atoms with Gasteiger partial charge < -0.3 is 10.1 Å². The Hall–Kier alpha value is -1.34. The second-order valence-corrected chi connectivity index (χ2v) is 9.57. The van der Waals surface area contributed by atoms with Crippen molar-refractivity contribution in [3.05, 3.63) is 53.1 Å². The molecule has 2 aliphatic rings. The Morgan fingerprint density at radius 2 is 2.00 bits per heavy atom. The zero-order valence-electron chi connectivity index (χ0n) is 15.8. The minimum Gasteiger partial charge on any atom is -0.385 e. The van der Waals surface area contributed by atoms with Crippen LogP contribution < -0.4 is 9.62 Å². The van der Waals surface area contributed by atoms with Crippen LogP contribution in [0.15, 0.2) is 47.5 Å². The van der Waals surface area contributed by atoms with Crippen molar-refractivity contribution in [3.63, 3.8) is 0 Å². The van der Waals surface area contributed by atoms with E-state index < -0.39 is 15.3 Å². The lowest BCUT2D eigenvalue weighted by molar-refractivity contribution is 0.192.